The maximum absolute atomic E-state index is 13.4. The van der Waals surface area contributed by atoms with Crippen LogP contribution < -0.4 is 19.3 Å². The monoisotopic (exact) mass is 442 g/mol. The van der Waals surface area contributed by atoms with Crippen LogP contribution in [0.15, 0.2) is 42.5 Å². The van der Waals surface area contributed by atoms with E-state index in [2.05, 4.69) is 6.92 Å². The molecular formula is C25H34N2O5. The van der Waals surface area contributed by atoms with Gasteiger partial charge in [0.05, 0.1) is 14.2 Å². The summed E-state index contributed by atoms with van der Waals surface area (Å²) in [5.41, 5.74) is 1.27. The van der Waals surface area contributed by atoms with Crippen LogP contribution in [-0.2, 0) is 9.59 Å². The zero-order valence-electron chi connectivity index (χ0n) is 19.5. The number of hydrogen-bond donors (Lipinski definition) is 1. The molecule has 174 valence electrons. The third kappa shape index (κ3) is 6.64. The summed E-state index contributed by atoms with van der Waals surface area (Å²) in [6.45, 7) is 4.48. The SMILES string of the molecule is CCCCCN(C(=O)CN(C(=O)CCC)c1ccc(OC)c(OC)c1)c1ccc(O)cc1. The molecule has 1 N–H and O–H groups in total. The van der Waals surface area contributed by atoms with E-state index in [0.717, 1.165) is 19.3 Å². The van der Waals surface area contributed by atoms with Gasteiger partial charge in [0.15, 0.2) is 11.5 Å². The zero-order chi connectivity index (χ0) is 23.5. The van der Waals surface area contributed by atoms with Crippen LogP contribution in [0, 0.1) is 0 Å². The second-order valence-corrected chi connectivity index (χ2v) is 7.54. The van der Waals surface area contributed by atoms with Gasteiger partial charge in [0.25, 0.3) is 0 Å². The van der Waals surface area contributed by atoms with Gasteiger partial charge in [-0.25, -0.2) is 0 Å². The molecule has 0 unspecified atom stereocenters. The molecular weight excluding hydrogens is 408 g/mol. The predicted octanol–water partition coefficient (Wildman–Crippen LogP) is 4.77. The number of nitrogens with zero attached hydrogens (tertiary/aromatic N) is 2. The summed E-state index contributed by atoms with van der Waals surface area (Å²) in [7, 11) is 3.08. The Morgan fingerprint density at radius 1 is 0.812 bits per heavy atom. The van der Waals surface area contributed by atoms with E-state index in [1.165, 1.54) is 12.0 Å². The number of hydrogen-bond acceptors (Lipinski definition) is 5. The van der Waals surface area contributed by atoms with E-state index in [1.807, 2.05) is 6.92 Å². The van der Waals surface area contributed by atoms with Crippen molar-refractivity contribution < 1.29 is 24.2 Å². The average Bonchev–Trinajstić information content (AvgIpc) is 2.80. The van der Waals surface area contributed by atoms with Gasteiger partial charge in [-0.05, 0) is 49.2 Å². The quantitative estimate of drug-likeness (QED) is 0.479. The third-order valence-electron chi connectivity index (χ3n) is 5.18. The van der Waals surface area contributed by atoms with Gasteiger partial charge in [0.1, 0.15) is 12.3 Å². The van der Waals surface area contributed by atoms with E-state index in [1.54, 1.807) is 54.5 Å². The Morgan fingerprint density at radius 2 is 1.47 bits per heavy atom. The maximum Gasteiger partial charge on any atom is 0.247 e. The third-order valence-corrected chi connectivity index (χ3v) is 5.18. The number of aromatic hydroxyl groups is 1. The molecule has 2 rings (SSSR count). The van der Waals surface area contributed by atoms with Crippen LogP contribution in [0.25, 0.3) is 0 Å². The number of methoxy groups -OCH3 is 2. The maximum atomic E-state index is 13.4. The number of benzene rings is 2. The first-order chi connectivity index (χ1) is 15.4. The number of rotatable bonds is 12. The van der Waals surface area contributed by atoms with Crippen molar-refractivity contribution >= 4 is 23.2 Å². The summed E-state index contributed by atoms with van der Waals surface area (Å²) in [6.07, 6.45) is 3.88. The molecule has 7 heteroatoms. The highest BCUT2D eigenvalue weighted by Gasteiger charge is 2.24. The summed E-state index contributed by atoms with van der Waals surface area (Å²) in [5, 5.41) is 9.63. The Morgan fingerprint density at radius 3 is 2.06 bits per heavy atom. The Kier molecular flexibility index (Phi) is 9.85. The van der Waals surface area contributed by atoms with E-state index in [9.17, 15) is 14.7 Å². The summed E-state index contributed by atoms with van der Waals surface area (Å²) >= 11 is 0. The number of ether oxygens (including phenoxy) is 2. The van der Waals surface area contributed by atoms with Gasteiger partial charge in [0, 0.05) is 30.4 Å². The Hall–Kier alpha value is -3.22. The smallest absolute Gasteiger partial charge is 0.247 e. The van der Waals surface area contributed by atoms with E-state index in [4.69, 9.17) is 9.47 Å². The number of phenolic OH excluding ortho intramolecular Hbond substituents is 1. The molecule has 0 aromatic heterocycles. The molecule has 0 aliphatic rings. The predicted molar refractivity (Wildman–Crippen MR) is 127 cm³/mol. The fourth-order valence-corrected chi connectivity index (χ4v) is 3.44. The van der Waals surface area contributed by atoms with Crippen LogP contribution in [0.1, 0.15) is 46.0 Å². The molecule has 0 atom stereocenters. The molecule has 7 nitrogen and oxygen atoms in total. The molecule has 32 heavy (non-hydrogen) atoms. The van der Waals surface area contributed by atoms with Gasteiger partial charge in [-0.3, -0.25) is 9.59 Å². The molecule has 0 saturated heterocycles. The van der Waals surface area contributed by atoms with Crippen molar-refractivity contribution in [1.29, 1.82) is 0 Å². The van der Waals surface area contributed by atoms with Crippen LogP contribution in [-0.4, -0.2) is 44.2 Å². The minimum atomic E-state index is -0.189. The van der Waals surface area contributed by atoms with Gasteiger partial charge in [-0.15, -0.1) is 0 Å². The van der Waals surface area contributed by atoms with E-state index >= 15 is 0 Å². The summed E-state index contributed by atoms with van der Waals surface area (Å²) in [5.74, 6) is 0.860. The highest BCUT2D eigenvalue weighted by atomic mass is 16.5. The molecule has 0 fully saturated rings. The molecule has 2 amide bonds. The first kappa shape index (κ1) is 25.0. The first-order valence-electron chi connectivity index (χ1n) is 11.1. The van der Waals surface area contributed by atoms with Gasteiger partial charge in [-0.1, -0.05) is 26.7 Å². The van der Waals surface area contributed by atoms with E-state index in [-0.39, 0.29) is 24.1 Å². The molecule has 0 radical (unpaired) electrons. The molecule has 0 heterocycles. The Balaban J connectivity index is 2.35. The number of phenols is 1. The fraction of sp³-hybridized carbons (Fsp3) is 0.440. The first-order valence-corrected chi connectivity index (χ1v) is 11.1. The van der Waals surface area contributed by atoms with Crippen LogP contribution in [0.3, 0.4) is 0 Å². The highest BCUT2D eigenvalue weighted by molar-refractivity contribution is 6.03. The minimum absolute atomic E-state index is 0.0959. The number of carbonyl (C=O) groups is 2. The molecule has 0 saturated carbocycles. The van der Waals surface area contributed by atoms with Crippen molar-refractivity contribution in [2.24, 2.45) is 0 Å². The molecule has 2 aromatic carbocycles. The van der Waals surface area contributed by atoms with Crippen LogP contribution in [0.4, 0.5) is 11.4 Å². The fourth-order valence-electron chi connectivity index (χ4n) is 3.44. The molecule has 0 aliphatic carbocycles. The van der Waals surface area contributed by atoms with E-state index in [0.29, 0.717) is 42.3 Å². The zero-order valence-corrected chi connectivity index (χ0v) is 19.5. The standard InChI is InChI=1S/C25H34N2O5/c1-5-7-8-16-26(19-10-13-21(28)14-11-19)25(30)18-27(24(29)9-6-2)20-12-15-22(31-3)23(17-20)32-4/h10-15,17,28H,5-9,16,18H2,1-4H3. The van der Waals surface area contributed by atoms with Gasteiger partial charge in [-0.2, -0.15) is 0 Å². The largest absolute Gasteiger partial charge is 0.508 e. The van der Waals surface area contributed by atoms with Gasteiger partial charge in [0.2, 0.25) is 11.8 Å². The van der Waals surface area contributed by atoms with Crippen molar-refractivity contribution in [3.8, 4) is 17.2 Å². The number of unbranched alkanes of at least 4 members (excludes halogenated alkanes) is 2. The Bertz CT molecular complexity index is 882. The average molecular weight is 443 g/mol. The lowest BCUT2D eigenvalue weighted by molar-refractivity contribution is -0.122. The lowest BCUT2D eigenvalue weighted by Gasteiger charge is -2.28. The summed E-state index contributed by atoms with van der Waals surface area (Å²) < 4.78 is 10.7. The lowest BCUT2D eigenvalue weighted by atomic mass is 10.2. The van der Waals surface area contributed by atoms with Crippen LogP contribution in [0.5, 0.6) is 17.2 Å². The second-order valence-electron chi connectivity index (χ2n) is 7.54. The molecule has 0 aliphatic heterocycles. The number of amides is 2. The topological polar surface area (TPSA) is 79.3 Å². The van der Waals surface area contributed by atoms with Crippen LogP contribution in [0.2, 0.25) is 0 Å². The van der Waals surface area contributed by atoms with Crippen molar-refractivity contribution in [3.63, 3.8) is 0 Å². The van der Waals surface area contributed by atoms with Crippen LogP contribution >= 0.6 is 0 Å². The molecule has 0 bridgehead atoms. The minimum Gasteiger partial charge on any atom is -0.508 e. The van der Waals surface area contributed by atoms with Gasteiger partial charge >= 0.3 is 0 Å². The highest BCUT2D eigenvalue weighted by Crippen LogP contribution is 2.32. The lowest BCUT2D eigenvalue weighted by Crippen LogP contribution is -2.43. The van der Waals surface area contributed by atoms with Crippen molar-refractivity contribution in [1.82, 2.24) is 0 Å². The van der Waals surface area contributed by atoms with Crippen molar-refractivity contribution in [2.45, 2.75) is 46.0 Å². The second kappa shape index (κ2) is 12.6. The van der Waals surface area contributed by atoms with E-state index < -0.39 is 0 Å². The normalized spacial score (nSPS) is 10.5. The van der Waals surface area contributed by atoms with Crippen molar-refractivity contribution in [2.75, 3.05) is 37.1 Å². The van der Waals surface area contributed by atoms with Crippen molar-refractivity contribution in [3.05, 3.63) is 42.5 Å². The molecule has 0 spiro atoms. The number of carbonyl (C=O) groups excluding carboxylic acids is 2. The van der Waals surface area contributed by atoms with Gasteiger partial charge < -0.3 is 24.4 Å². The Labute approximate surface area is 190 Å². The number of anilines is 2. The summed E-state index contributed by atoms with van der Waals surface area (Å²) in [4.78, 5) is 29.5. The molecule has 2 aromatic rings. The summed E-state index contributed by atoms with van der Waals surface area (Å²) in [6, 6.07) is 11.7.